The van der Waals surface area contributed by atoms with Crippen LogP contribution in [0.25, 0.3) is 0 Å². The predicted octanol–water partition coefficient (Wildman–Crippen LogP) is 0.266. The molecule has 2 aliphatic rings. The van der Waals surface area contributed by atoms with Crippen molar-refractivity contribution in [1.29, 1.82) is 0 Å². The summed E-state index contributed by atoms with van der Waals surface area (Å²) in [6.45, 7) is 1.17. The van der Waals surface area contributed by atoms with Gasteiger partial charge in [-0.3, -0.25) is 0 Å². The van der Waals surface area contributed by atoms with Crippen molar-refractivity contribution in [3.8, 4) is 0 Å². The Morgan fingerprint density at radius 3 is 2.50 bits per heavy atom. The number of ether oxygens (including phenoxy) is 1. The van der Waals surface area contributed by atoms with Gasteiger partial charge in [0.1, 0.15) is 0 Å². The van der Waals surface area contributed by atoms with E-state index in [4.69, 9.17) is 10.5 Å². The van der Waals surface area contributed by atoms with Gasteiger partial charge in [0.05, 0.1) is 24.6 Å². The largest absolute Gasteiger partial charge is 0.377 e. The van der Waals surface area contributed by atoms with Gasteiger partial charge >= 0.3 is 0 Å². The van der Waals surface area contributed by atoms with Crippen LogP contribution in [-0.4, -0.2) is 43.9 Å². The number of rotatable bonds is 2. The normalized spacial score (nSPS) is 30.4. The Kier molecular flexibility index (Phi) is 3.84. The third-order valence-corrected chi connectivity index (χ3v) is 5.84. The molecule has 0 bridgehead atoms. The van der Waals surface area contributed by atoms with Crippen molar-refractivity contribution in [1.82, 2.24) is 4.31 Å². The average molecular weight is 248 g/mol. The molecule has 2 fully saturated rings. The highest BCUT2D eigenvalue weighted by Crippen LogP contribution is 2.27. The van der Waals surface area contributed by atoms with Crippen LogP contribution in [-0.2, 0) is 14.8 Å². The molecule has 2 rings (SSSR count). The van der Waals surface area contributed by atoms with Crippen LogP contribution in [0.4, 0.5) is 0 Å². The number of nitrogens with two attached hydrogens (primary N) is 1. The monoisotopic (exact) mass is 248 g/mol. The lowest BCUT2D eigenvalue weighted by molar-refractivity contribution is 0.0343. The lowest BCUT2D eigenvalue weighted by Crippen LogP contribution is -2.55. The summed E-state index contributed by atoms with van der Waals surface area (Å²) in [6, 6.07) is 0. The molecule has 16 heavy (non-hydrogen) atoms. The van der Waals surface area contributed by atoms with E-state index < -0.39 is 16.2 Å². The lowest BCUT2D eigenvalue weighted by Gasteiger charge is -2.35. The fourth-order valence-corrected chi connectivity index (χ4v) is 4.56. The molecule has 0 aromatic heterocycles. The second-order valence-electron chi connectivity index (χ2n) is 4.56. The van der Waals surface area contributed by atoms with Crippen LogP contribution in [0, 0.1) is 0 Å². The third kappa shape index (κ3) is 2.40. The molecule has 1 unspecified atom stereocenters. The molecule has 0 spiro atoms. The van der Waals surface area contributed by atoms with Gasteiger partial charge < -0.3 is 10.5 Å². The minimum atomic E-state index is -3.21. The third-order valence-electron chi connectivity index (χ3n) is 3.41. The highest BCUT2D eigenvalue weighted by Gasteiger charge is 2.37. The zero-order valence-electron chi connectivity index (χ0n) is 9.47. The molecule has 1 aliphatic carbocycles. The first-order chi connectivity index (χ1) is 7.62. The van der Waals surface area contributed by atoms with Crippen molar-refractivity contribution in [3.63, 3.8) is 0 Å². The lowest BCUT2D eigenvalue weighted by atomic mass is 10.0. The average Bonchev–Trinajstić information content (AvgIpc) is 2.30. The zero-order chi connectivity index (χ0) is 11.6. The van der Waals surface area contributed by atoms with Gasteiger partial charge in [-0.15, -0.1) is 0 Å². The van der Waals surface area contributed by atoms with Crippen LogP contribution in [0.2, 0.25) is 0 Å². The maximum absolute atomic E-state index is 12.3. The van der Waals surface area contributed by atoms with Crippen molar-refractivity contribution < 1.29 is 13.2 Å². The van der Waals surface area contributed by atoms with Crippen LogP contribution < -0.4 is 5.73 Å². The second-order valence-corrected chi connectivity index (χ2v) is 6.72. The van der Waals surface area contributed by atoms with E-state index in [1.165, 1.54) is 4.31 Å². The van der Waals surface area contributed by atoms with Gasteiger partial charge in [-0.2, -0.15) is 4.31 Å². The Morgan fingerprint density at radius 1 is 1.19 bits per heavy atom. The van der Waals surface area contributed by atoms with Gasteiger partial charge in [-0.25, -0.2) is 8.42 Å². The first kappa shape index (κ1) is 12.3. The molecule has 5 nitrogen and oxygen atoms in total. The molecule has 1 saturated carbocycles. The van der Waals surface area contributed by atoms with Crippen molar-refractivity contribution in [2.75, 3.05) is 19.8 Å². The summed E-state index contributed by atoms with van der Waals surface area (Å²) in [6.07, 6.45) is 4.26. The van der Waals surface area contributed by atoms with Gasteiger partial charge in [-0.05, 0) is 12.8 Å². The Hall–Kier alpha value is -0.170. The van der Waals surface area contributed by atoms with E-state index in [0.29, 0.717) is 19.8 Å². The highest BCUT2D eigenvalue weighted by atomic mass is 32.2. The van der Waals surface area contributed by atoms with Crippen LogP contribution in [0.3, 0.4) is 0 Å². The SMILES string of the molecule is NC1COCCN1S(=O)(=O)C1CCCCC1. The summed E-state index contributed by atoms with van der Waals surface area (Å²) >= 11 is 0. The van der Waals surface area contributed by atoms with E-state index in [-0.39, 0.29) is 5.25 Å². The van der Waals surface area contributed by atoms with Gasteiger partial charge in [0.2, 0.25) is 10.0 Å². The maximum atomic E-state index is 12.3. The van der Waals surface area contributed by atoms with Crippen LogP contribution in [0.5, 0.6) is 0 Å². The van der Waals surface area contributed by atoms with Crippen molar-refractivity contribution in [2.24, 2.45) is 5.73 Å². The fourth-order valence-electron chi connectivity index (χ4n) is 2.48. The predicted molar refractivity (Wildman–Crippen MR) is 61.3 cm³/mol. The molecule has 1 aliphatic heterocycles. The minimum absolute atomic E-state index is 0.217. The minimum Gasteiger partial charge on any atom is -0.377 e. The Bertz CT molecular complexity index is 325. The molecule has 1 heterocycles. The molecular formula is C10H20N2O3S. The van der Waals surface area contributed by atoms with Crippen molar-refractivity contribution >= 4 is 10.0 Å². The van der Waals surface area contributed by atoms with Gasteiger partial charge in [-0.1, -0.05) is 19.3 Å². The molecule has 0 amide bonds. The Balaban J connectivity index is 2.10. The van der Waals surface area contributed by atoms with Gasteiger partial charge in [0, 0.05) is 6.54 Å². The highest BCUT2D eigenvalue weighted by molar-refractivity contribution is 7.89. The van der Waals surface area contributed by atoms with Crippen molar-refractivity contribution in [3.05, 3.63) is 0 Å². The number of hydrogen-bond acceptors (Lipinski definition) is 4. The smallest absolute Gasteiger partial charge is 0.218 e. The summed E-state index contributed by atoms with van der Waals surface area (Å²) in [5, 5.41) is -0.217. The Labute approximate surface area is 97.0 Å². The van der Waals surface area contributed by atoms with E-state index in [2.05, 4.69) is 0 Å². The first-order valence-corrected chi connectivity index (χ1v) is 7.46. The molecule has 0 aromatic rings. The fraction of sp³-hybridized carbons (Fsp3) is 1.00. The summed E-state index contributed by atoms with van der Waals surface area (Å²) < 4.78 is 31.3. The number of hydrogen-bond donors (Lipinski definition) is 1. The van der Waals surface area contributed by atoms with Crippen LogP contribution in [0.1, 0.15) is 32.1 Å². The molecule has 0 radical (unpaired) electrons. The molecule has 1 saturated heterocycles. The quantitative estimate of drug-likeness (QED) is 0.761. The second kappa shape index (κ2) is 5.00. The van der Waals surface area contributed by atoms with E-state index in [1.54, 1.807) is 0 Å². The zero-order valence-corrected chi connectivity index (χ0v) is 10.3. The first-order valence-electron chi connectivity index (χ1n) is 5.96. The molecule has 1 atom stereocenters. The van der Waals surface area contributed by atoms with E-state index >= 15 is 0 Å². The molecule has 6 heteroatoms. The molecule has 94 valence electrons. The topological polar surface area (TPSA) is 72.6 Å². The number of morpholine rings is 1. The van der Waals surface area contributed by atoms with Crippen LogP contribution >= 0.6 is 0 Å². The molecule has 0 aromatic carbocycles. The maximum Gasteiger partial charge on any atom is 0.218 e. The number of sulfonamides is 1. The summed E-state index contributed by atoms with van der Waals surface area (Å²) in [4.78, 5) is 0. The Morgan fingerprint density at radius 2 is 1.88 bits per heavy atom. The van der Waals surface area contributed by atoms with E-state index in [1.807, 2.05) is 0 Å². The summed E-state index contributed by atoms with van der Waals surface area (Å²) in [7, 11) is -3.21. The van der Waals surface area contributed by atoms with Crippen molar-refractivity contribution in [2.45, 2.75) is 43.5 Å². The summed E-state index contributed by atoms with van der Waals surface area (Å²) in [5.74, 6) is 0. The van der Waals surface area contributed by atoms with Gasteiger partial charge in [0.15, 0.2) is 0 Å². The number of nitrogens with zero attached hydrogens (tertiary/aromatic N) is 1. The van der Waals surface area contributed by atoms with Gasteiger partial charge in [0.25, 0.3) is 0 Å². The van der Waals surface area contributed by atoms with Crippen LogP contribution in [0.15, 0.2) is 0 Å². The standard InChI is InChI=1S/C10H20N2O3S/c11-10-8-15-7-6-12(10)16(13,14)9-4-2-1-3-5-9/h9-10H,1-8,11H2. The molecular weight excluding hydrogens is 228 g/mol. The van der Waals surface area contributed by atoms with E-state index in [0.717, 1.165) is 32.1 Å². The van der Waals surface area contributed by atoms with E-state index in [9.17, 15) is 8.42 Å². The summed E-state index contributed by atoms with van der Waals surface area (Å²) in [5.41, 5.74) is 5.79. The molecule has 2 N–H and O–H groups in total.